The highest BCUT2D eigenvalue weighted by Gasteiger charge is 2.33. The number of carbonyl (C=O) groups excluding carboxylic acids is 1. The minimum Gasteiger partial charge on any atom is -0.504 e. The van der Waals surface area contributed by atoms with Crippen LogP contribution in [-0.4, -0.2) is 21.0 Å². The topological polar surface area (TPSA) is 72.8 Å². The van der Waals surface area contributed by atoms with E-state index in [4.69, 9.17) is 0 Å². The molecule has 5 heteroatoms. The molecule has 0 fully saturated rings. The van der Waals surface area contributed by atoms with Crippen molar-refractivity contribution >= 4 is 11.6 Å². The number of para-hydroxylation sites is 1. The molecule has 0 bridgehead atoms. The second kappa shape index (κ2) is 6.68. The Morgan fingerprint density at radius 3 is 2.44 bits per heavy atom. The van der Waals surface area contributed by atoms with E-state index in [-0.39, 0.29) is 17.4 Å². The number of phenols is 2. The van der Waals surface area contributed by atoms with Crippen molar-refractivity contribution in [1.29, 1.82) is 0 Å². The lowest BCUT2D eigenvalue weighted by Gasteiger charge is -2.38. The summed E-state index contributed by atoms with van der Waals surface area (Å²) in [5.74, 6) is -0.482. The number of rotatable bonds is 3. The largest absolute Gasteiger partial charge is 0.504 e. The molecule has 0 aromatic heterocycles. The van der Waals surface area contributed by atoms with Crippen molar-refractivity contribution < 1.29 is 15.0 Å². The second-order valence-corrected chi connectivity index (χ2v) is 6.76. The van der Waals surface area contributed by atoms with Gasteiger partial charge in [-0.2, -0.15) is 0 Å². The highest BCUT2D eigenvalue weighted by atomic mass is 16.3. The van der Waals surface area contributed by atoms with Crippen LogP contribution in [0.1, 0.15) is 33.2 Å². The summed E-state index contributed by atoms with van der Waals surface area (Å²) in [5.41, 5.74) is 4.24. The van der Waals surface area contributed by atoms with Crippen LogP contribution in [0.2, 0.25) is 0 Å². The molecule has 1 heterocycles. The van der Waals surface area contributed by atoms with Crippen LogP contribution in [0.5, 0.6) is 11.5 Å². The first-order chi connectivity index (χ1) is 13.0. The molecule has 27 heavy (non-hydrogen) atoms. The van der Waals surface area contributed by atoms with Gasteiger partial charge in [0.15, 0.2) is 11.5 Å². The van der Waals surface area contributed by atoms with Gasteiger partial charge in [-0.25, -0.2) is 0 Å². The minimum atomic E-state index is -0.458. The maximum atomic E-state index is 13.2. The number of nitrogens with zero attached hydrogens (tertiary/aromatic N) is 1. The molecule has 136 valence electrons. The summed E-state index contributed by atoms with van der Waals surface area (Å²) >= 11 is 0. The fourth-order valence-electron chi connectivity index (χ4n) is 3.32. The average Bonchev–Trinajstić information content (AvgIpc) is 2.68. The number of anilines is 1. The molecule has 0 aliphatic carbocycles. The standard InChI is InChI=1S/C22H20N2O3/c1-14-6-8-15(9-7-14)13-24-21(16-10-11-19(25)20(26)12-16)23-18-5-3-2-4-17(18)22(24)27/h2-12,21,23,25-26H,13H2,1H3/t21-/m0/s1. The maximum absolute atomic E-state index is 13.2. The van der Waals surface area contributed by atoms with Crippen LogP contribution in [0, 0.1) is 6.92 Å². The highest BCUT2D eigenvalue weighted by molar-refractivity contribution is 6.01. The lowest BCUT2D eigenvalue weighted by molar-refractivity contribution is 0.0666. The van der Waals surface area contributed by atoms with Crippen molar-refractivity contribution in [3.8, 4) is 11.5 Å². The molecule has 5 nitrogen and oxygen atoms in total. The van der Waals surface area contributed by atoms with E-state index < -0.39 is 6.17 Å². The normalized spacial score (nSPS) is 16.0. The Morgan fingerprint density at radius 1 is 0.963 bits per heavy atom. The Balaban J connectivity index is 1.76. The molecule has 0 saturated carbocycles. The van der Waals surface area contributed by atoms with Gasteiger partial charge in [0.1, 0.15) is 6.17 Å². The molecule has 0 radical (unpaired) electrons. The van der Waals surface area contributed by atoms with Crippen molar-refractivity contribution in [2.24, 2.45) is 0 Å². The van der Waals surface area contributed by atoms with Gasteiger partial charge in [0.2, 0.25) is 0 Å². The van der Waals surface area contributed by atoms with Crippen molar-refractivity contribution in [2.45, 2.75) is 19.6 Å². The van der Waals surface area contributed by atoms with Crippen LogP contribution in [0.4, 0.5) is 5.69 Å². The first-order valence-corrected chi connectivity index (χ1v) is 8.77. The number of benzene rings is 3. The number of fused-ring (bicyclic) bond motifs is 1. The van der Waals surface area contributed by atoms with Gasteiger partial charge in [0.25, 0.3) is 5.91 Å². The van der Waals surface area contributed by atoms with Crippen LogP contribution in [-0.2, 0) is 6.54 Å². The number of phenolic OH excluding ortho intramolecular Hbond substituents is 2. The van der Waals surface area contributed by atoms with Crippen LogP contribution in [0.3, 0.4) is 0 Å². The van der Waals surface area contributed by atoms with E-state index >= 15 is 0 Å². The van der Waals surface area contributed by atoms with Crippen molar-refractivity contribution in [3.05, 3.63) is 89.0 Å². The van der Waals surface area contributed by atoms with Crippen LogP contribution >= 0.6 is 0 Å². The molecule has 0 saturated heterocycles. The zero-order valence-corrected chi connectivity index (χ0v) is 14.9. The first-order valence-electron chi connectivity index (χ1n) is 8.77. The predicted octanol–water partition coefficient (Wildman–Crippen LogP) is 4.17. The van der Waals surface area contributed by atoms with Gasteiger partial charge >= 0.3 is 0 Å². The molecule has 1 atom stereocenters. The molecular weight excluding hydrogens is 340 g/mol. The highest BCUT2D eigenvalue weighted by Crippen LogP contribution is 2.36. The van der Waals surface area contributed by atoms with Crippen LogP contribution in [0.15, 0.2) is 66.7 Å². The molecule has 1 amide bonds. The summed E-state index contributed by atoms with van der Waals surface area (Å²) in [4.78, 5) is 14.9. The van der Waals surface area contributed by atoms with Gasteiger partial charge in [0, 0.05) is 12.2 Å². The van der Waals surface area contributed by atoms with E-state index in [0.29, 0.717) is 17.7 Å². The fourth-order valence-corrected chi connectivity index (χ4v) is 3.32. The van der Waals surface area contributed by atoms with Gasteiger partial charge in [-0.05, 0) is 42.3 Å². The zero-order valence-electron chi connectivity index (χ0n) is 14.9. The first kappa shape index (κ1) is 17.0. The van der Waals surface area contributed by atoms with E-state index in [2.05, 4.69) is 5.32 Å². The average molecular weight is 360 g/mol. The summed E-state index contributed by atoms with van der Waals surface area (Å²) in [7, 11) is 0. The Labute approximate surface area is 157 Å². The van der Waals surface area contributed by atoms with Crippen molar-refractivity contribution in [1.82, 2.24) is 4.90 Å². The summed E-state index contributed by atoms with van der Waals surface area (Å²) in [5, 5.41) is 22.9. The van der Waals surface area contributed by atoms with Crippen molar-refractivity contribution in [3.63, 3.8) is 0 Å². The maximum Gasteiger partial charge on any atom is 0.258 e. The molecule has 4 rings (SSSR count). The third kappa shape index (κ3) is 3.19. The van der Waals surface area contributed by atoms with E-state index in [9.17, 15) is 15.0 Å². The van der Waals surface area contributed by atoms with Gasteiger partial charge in [-0.15, -0.1) is 0 Å². The fraction of sp³-hybridized carbons (Fsp3) is 0.136. The lowest BCUT2D eigenvalue weighted by Crippen LogP contribution is -2.42. The quantitative estimate of drug-likeness (QED) is 0.613. The molecular formula is C22H20N2O3. The second-order valence-electron chi connectivity index (χ2n) is 6.76. The summed E-state index contributed by atoms with van der Waals surface area (Å²) < 4.78 is 0. The van der Waals surface area contributed by atoms with E-state index in [0.717, 1.165) is 16.8 Å². The number of hydrogen-bond acceptors (Lipinski definition) is 4. The Hall–Kier alpha value is -3.47. The molecule has 1 aliphatic heterocycles. The molecule has 3 aromatic carbocycles. The van der Waals surface area contributed by atoms with E-state index in [1.165, 1.54) is 12.1 Å². The SMILES string of the molecule is Cc1ccc(CN2C(=O)c3ccccc3N[C@@H]2c2ccc(O)c(O)c2)cc1. The van der Waals surface area contributed by atoms with Gasteiger partial charge < -0.3 is 20.4 Å². The van der Waals surface area contributed by atoms with Crippen LogP contribution in [0.25, 0.3) is 0 Å². The molecule has 0 spiro atoms. The number of nitrogens with one attached hydrogen (secondary N) is 1. The van der Waals surface area contributed by atoms with Gasteiger partial charge in [-0.3, -0.25) is 4.79 Å². The zero-order chi connectivity index (χ0) is 19.0. The Bertz CT molecular complexity index is 999. The van der Waals surface area contributed by atoms with Crippen molar-refractivity contribution in [2.75, 3.05) is 5.32 Å². The molecule has 3 N–H and O–H groups in total. The van der Waals surface area contributed by atoms with E-state index in [1.54, 1.807) is 17.0 Å². The lowest BCUT2D eigenvalue weighted by atomic mass is 10.0. The third-order valence-electron chi connectivity index (χ3n) is 4.81. The van der Waals surface area contributed by atoms with Gasteiger partial charge in [0.05, 0.1) is 5.56 Å². The van der Waals surface area contributed by atoms with E-state index in [1.807, 2.05) is 49.4 Å². The Morgan fingerprint density at radius 2 is 1.70 bits per heavy atom. The Kier molecular flexibility index (Phi) is 4.20. The summed E-state index contributed by atoms with van der Waals surface area (Å²) in [6.07, 6.45) is -0.458. The number of amides is 1. The smallest absolute Gasteiger partial charge is 0.258 e. The summed E-state index contributed by atoms with van der Waals surface area (Å²) in [6.45, 7) is 2.45. The number of aryl methyl sites for hydroxylation is 1. The number of aromatic hydroxyl groups is 2. The molecule has 3 aromatic rings. The summed E-state index contributed by atoms with van der Waals surface area (Å²) in [6, 6.07) is 20.1. The van der Waals surface area contributed by atoms with Crippen LogP contribution < -0.4 is 5.32 Å². The third-order valence-corrected chi connectivity index (χ3v) is 4.81. The minimum absolute atomic E-state index is 0.0810. The predicted molar refractivity (Wildman–Crippen MR) is 104 cm³/mol. The molecule has 1 aliphatic rings. The monoisotopic (exact) mass is 360 g/mol. The number of carbonyl (C=O) groups is 1. The van der Waals surface area contributed by atoms with Gasteiger partial charge in [-0.1, -0.05) is 48.0 Å². The number of hydrogen-bond donors (Lipinski definition) is 3. The molecule has 0 unspecified atom stereocenters.